The normalized spacial score (nSPS) is 12.4. The molecule has 2 rings (SSSR count). The van der Waals surface area contributed by atoms with E-state index in [1.807, 2.05) is 0 Å². The average molecular weight is 377 g/mol. The number of hydrogen-bond donors (Lipinski definition) is 1. The lowest BCUT2D eigenvalue weighted by Crippen LogP contribution is -2.26. The number of carbonyl (C=O) groups is 3. The number of nitrogens with zero attached hydrogens (tertiary/aromatic N) is 1. The van der Waals surface area contributed by atoms with Crippen LogP contribution >= 0.6 is 0 Å². The second-order valence-corrected chi connectivity index (χ2v) is 6.11. The zero-order valence-corrected chi connectivity index (χ0v) is 15.4. The Morgan fingerprint density at radius 2 is 1.89 bits per heavy atom. The van der Waals surface area contributed by atoms with Crippen molar-refractivity contribution >= 4 is 23.5 Å². The zero-order chi connectivity index (χ0) is 20.0. The zero-order valence-electron chi connectivity index (χ0n) is 15.4. The highest BCUT2D eigenvalue weighted by Crippen LogP contribution is 2.31. The molecule has 0 saturated carbocycles. The first-order valence-electron chi connectivity index (χ1n) is 8.52. The number of benzene rings is 1. The molecule has 0 spiro atoms. The molecule has 0 bridgehead atoms. The first kappa shape index (κ1) is 20.4. The van der Waals surface area contributed by atoms with Gasteiger partial charge in [0.2, 0.25) is 5.91 Å². The van der Waals surface area contributed by atoms with Crippen LogP contribution in [0.1, 0.15) is 46.5 Å². The highest BCUT2D eigenvalue weighted by molar-refractivity contribution is 6.05. The molecule has 1 aliphatic rings. The van der Waals surface area contributed by atoms with E-state index in [9.17, 15) is 19.5 Å². The summed E-state index contributed by atoms with van der Waals surface area (Å²) in [4.78, 5) is 37.1. The van der Waals surface area contributed by atoms with Crippen LogP contribution in [0.2, 0.25) is 0 Å². The minimum absolute atomic E-state index is 0.0676. The molecule has 0 saturated heterocycles. The summed E-state index contributed by atoms with van der Waals surface area (Å²) < 4.78 is 15.4. The first-order valence-corrected chi connectivity index (χ1v) is 8.52. The molecule has 1 aromatic rings. The minimum Gasteiger partial charge on any atom is -0.478 e. The molecule has 0 aromatic heterocycles. The van der Waals surface area contributed by atoms with E-state index in [4.69, 9.17) is 14.2 Å². The Labute approximate surface area is 157 Å². The molecular weight excluding hydrogens is 354 g/mol. The second kappa shape index (κ2) is 9.18. The van der Waals surface area contributed by atoms with Crippen molar-refractivity contribution in [2.75, 3.05) is 31.5 Å². The number of amides is 1. The molecule has 146 valence electrons. The highest BCUT2D eigenvalue weighted by atomic mass is 16.7. The van der Waals surface area contributed by atoms with Crippen molar-refractivity contribution < 1.29 is 33.7 Å². The first-order chi connectivity index (χ1) is 12.8. The molecule has 0 atom stereocenters. The molecule has 0 radical (unpaired) electrons. The van der Waals surface area contributed by atoms with Gasteiger partial charge in [-0.25, -0.2) is 9.59 Å². The Morgan fingerprint density at radius 3 is 2.52 bits per heavy atom. The van der Waals surface area contributed by atoms with Gasteiger partial charge >= 0.3 is 11.9 Å². The van der Waals surface area contributed by atoms with Gasteiger partial charge in [0.1, 0.15) is 0 Å². The summed E-state index contributed by atoms with van der Waals surface area (Å²) >= 11 is 0. The second-order valence-electron chi connectivity index (χ2n) is 6.11. The van der Waals surface area contributed by atoms with Gasteiger partial charge in [-0.05, 0) is 31.0 Å². The number of fused-ring (bicyclic) bond motifs is 1. The Balaban J connectivity index is 2.00. The maximum absolute atomic E-state index is 12.4. The van der Waals surface area contributed by atoms with Crippen LogP contribution < -0.4 is 4.90 Å². The Hall–Kier alpha value is -2.87. The van der Waals surface area contributed by atoms with Crippen molar-refractivity contribution in [2.45, 2.75) is 26.7 Å². The van der Waals surface area contributed by atoms with Crippen LogP contribution in [0.25, 0.3) is 0 Å². The van der Waals surface area contributed by atoms with Gasteiger partial charge in [0.05, 0.1) is 30.1 Å². The summed E-state index contributed by atoms with van der Waals surface area (Å²) in [6.07, 6.45) is 0.978. The van der Waals surface area contributed by atoms with Crippen LogP contribution in [0.3, 0.4) is 0 Å². The molecule has 1 heterocycles. The van der Waals surface area contributed by atoms with Gasteiger partial charge in [0.15, 0.2) is 6.79 Å². The third-order valence-electron chi connectivity index (χ3n) is 4.00. The van der Waals surface area contributed by atoms with E-state index in [-0.39, 0.29) is 30.4 Å². The van der Waals surface area contributed by atoms with Gasteiger partial charge in [-0.1, -0.05) is 6.58 Å². The largest absolute Gasteiger partial charge is 0.478 e. The Morgan fingerprint density at radius 1 is 1.15 bits per heavy atom. The maximum atomic E-state index is 12.4. The summed E-state index contributed by atoms with van der Waals surface area (Å²) in [7, 11) is 0. The van der Waals surface area contributed by atoms with E-state index >= 15 is 0 Å². The van der Waals surface area contributed by atoms with Crippen molar-refractivity contribution in [3.63, 3.8) is 0 Å². The number of anilines is 1. The predicted molar refractivity (Wildman–Crippen MR) is 96.7 cm³/mol. The van der Waals surface area contributed by atoms with Gasteiger partial charge in [0, 0.05) is 25.6 Å². The summed E-state index contributed by atoms with van der Waals surface area (Å²) in [5.41, 5.74) is 1.08. The van der Waals surface area contributed by atoms with E-state index in [1.54, 1.807) is 6.92 Å². The molecule has 1 N–H and O–H groups in total. The quantitative estimate of drug-likeness (QED) is 0.305. The van der Waals surface area contributed by atoms with Crippen molar-refractivity contribution in [3.05, 3.63) is 41.2 Å². The van der Waals surface area contributed by atoms with Gasteiger partial charge in [-0.15, -0.1) is 0 Å². The lowest BCUT2D eigenvalue weighted by molar-refractivity contribution is -0.116. The number of hydrogen-bond acceptors (Lipinski definition) is 6. The molecule has 0 unspecified atom stereocenters. The number of aromatic carboxylic acids is 1. The predicted octanol–water partition coefficient (Wildman–Crippen LogP) is 2.37. The van der Waals surface area contributed by atoms with E-state index in [1.165, 1.54) is 24.0 Å². The van der Waals surface area contributed by atoms with Crippen molar-refractivity contribution in [1.82, 2.24) is 0 Å². The van der Waals surface area contributed by atoms with Crippen LogP contribution in [-0.2, 0) is 25.4 Å². The van der Waals surface area contributed by atoms with Crippen molar-refractivity contribution in [3.8, 4) is 0 Å². The van der Waals surface area contributed by atoms with Crippen molar-refractivity contribution in [2.24, 2.45) is 0 Å². The number of ether oxygens (including phenoxy) is 3. The number of carboxylic acids is 1. The van der Waals surface area contributed by atoms with Gasteiger partial charge in [-0.2, -0.15) is 0 Å². The molecular formula is C19H23NO7. The molecule has 1 aromatic carbocycles. The van der Waals surface area contributed by atoms with Crippen LogP contribution in [0.4, 0.5) is 5.69 Å². The van der Waals surface area contributed by atoms with Crippen LogP contribution in [0.5, 0.6) is 0 Å². The number of carboxylic acid groups (broad SMARTS) is 1. The molecule has 8 heteroatoms. The third kappa shape index (κ3) is 5.30. The smallest absolute Gasteiger partial charge is 0.339 e. The van der Waals surface area contributed by atoms with E-state index in [2.05, 4.69) is 6.58 Å². The Bertz CT molecular complexity index is 757. The third-order valence-corrected chi connectivity index (χ3v) is 4.00. The fourth-order valence-corrected chi connectivity index (χ4v) is 2.71. The maximum Gasteiger partial charge on any atom is 0.339 e. The number of esters is 1. The van der Waals surface area contributed by atoms with E-state index in [0.29, 0.717) is 37.4 Å². The van der Waals surface area contributed by atoms with Gasteiger partial charge in [0.25, 0.3) is 0 Å². The van der Waals surface area contributed by atoms with E-state index < -0.39 is 11.9 Å². The molecule has 27 heavy (non-hydrogen) atoms. The van der Waals surface area contributed by atoms with Crippen LogP contribution in [0, 0.1) is 0 Å². The fraction of sp³-hybridized carbons (Fsp3) is 0.421. The summed E-state index contributed by atoms with van der Waals surface area (Å²) in [5.74, 6) is -1.58. The van der Waals surface area contributed by atoms with Crippen LogP contribution in [0.15, 0.2) is 24.5 Å². The lowest BCUT2D eigenvalue weighted by atomic mass is 10.0. The summed E-state index contributed by atoms with van der Waals surface area (Å²) in [6, 6.07) is 2.86. The topological polar surface area (TPSA) is 102 Å². The minimum atomic E-state index is -1.22. The van der Waals surface area contributed by atoms with E-state index in [0.717, 1.165) is 5.56 Å². The number of rotatable bonds is 9. The highest BCUT2D eigenvalue weighted by Gasteiger charge is 2.28. The number of carbonyl (C=O) groups excluding carboxylic acids is 2. The summed E-state index contributed by atoms with van der Waals surface area (Å²) in [6.45, 7) is 7.61. The number of allylic oxidation sites excluding steroid dienone is 1. The fourth-order valence-electron chi connectivity index (χ4n) is 2.71. The Kier molecular flexibility index (Phi) is 6.95. The monoisotopic (exact) mass is 377 g/mol. The van der Waals surface area contributed by atoms with Gasteiger partial charge < -0.3 is 24.2 Å². The van der Waals surface area contributed by atoms with Gasteiger partial charge in [-0.3, -0.25) is 4.79 Å². The molecule has 8 nitrogen and oxygen atoms in total. The molecule has 0 aliphatic carbocycles. The van der Waals surface area contributed by atoms with Crippen molar-refractivity contribution in [1.29, 1.82) is 0 Å². The SMILES string of the molecule is C=C(C)OCOCCCOC(=O)c1cc2c(cc1C(=O)O)CCN2C(C)=O. The molecule has 1 amide bonds. The average Bonchev–Trinajstić information content (AvgIpc) is 3.02. The summed E-state index contributed by atoms with van der Waals surface area (Å²) in [5, 5.41) is 9.41. The van der Waals surface area contributed by atoms with Crippen LogP contribution in [-0.4, -0.2) is 49.5 Å². The molecule has 0 fully saturated rings. The lowest BCUT2D eigenvalue weighted by Gasteiger charge is -2.16. The molecule has 1 aliphatic heterocycles. The standard InChI is InChI=1S/C19H23NO7/c1-12(2)27-11-25-7-4-8-26-19(24)16-10-17-14(9-15(16)18(22)23)5-6-20(17)13(3)21/h9-10H,1,4-8,11H2,2-3H3,(H,22,23).